The molecular formula is C18H16FN3O3S2. The van der Waals surface area contributed by atoms with Crippen LogP contribution < -0.4 is 5.32 Å². The Balaban J connectivity index is 1.56. The average Bonchev–Trinajstić information content (AvgIpc) is 3.29. The van der Waals surface area contributed by atoms with Gasteiger partial charge in [0.15, 0.2) is 5.13 Å². The van der Waals surface area contributed by atoms with E-state index in [4.69, 9.17) is 0 Å². The SMILES string of the molecule is O=C(Nc1nc2ccccc2s1)[C@H]1CCCN1S(=O)(=O)c1ccc(F)cc1. The van der Waals surface area contributed by atoms with Gasteiger partial charge in [0, 0.05) is 6.54 Å². The van der Waals surface area contributed by atoms with Gasteiger partial charge in [0.2, 0.25) is 15.9 Å². The molecule has 4 rings (SSSR count). The first-order chi connectivity index (χ1) is 12.9. The molecule has 9 heteroatoms. The van der Waals surface area contributed by atoms with E-state index in [2.05, 4.69) is 10.3 Å². The molecule has 1 fully saturated rings. The molecule has 0 radical (unpaired) electrons. The van der Waals surface area contributed by atoms with Crippen molar-refractivity contribution < 1.29 is 17.6 Å². The van der Waals surface area contributed by atoms with Crippen molar-refractivity contribution in [1.29, 1.82) is 0 Å². The molecule has 1 N–H and O–H groups in total. The number of benzene rings is 2. The number of halogens is 1. The van der Waals surface area contributed by atoms with Crippen molar-refractivity contribution in [3.05, 3.63) is 54.3 Å². The predicted molar refractivity (Wildman–Crippen MR) is 102 cm³/mol. The van der Waals surface area contributed by atoms with Gasteiger partial charge in [-0.25, -0.2) is 17.8 Å². The van der Waals surface area contributed by atoms with Crippen LogP contribution >= 0.6 is 11.3 Å². The van der Waals surface area contributed by atoms with Gasteiger partial charge in [0.1, 0.15) is 11.9 Å². The minimum Gasteiger partial charge on any atom is -0.301 e. The Labute approximate surface area is 159 Å². The van der Waals surface area contributed by atoms with Crippen molar-refractivity contribution in [2.75, 3.05) is 11.9 Å². The fraction of sp³-hybridized carbons (Fsp3) is 0.222. The Morgan fingerprint density at radius 2 is 1.93 bits per heavy atom. The van der Waals surface area contributed by atoms with Gasteiger partial charge in [0.25, 0.3) is 0 Å². The Morgan fingerprint density at radius 1 is 1.19 bits per heavy atom. The molecule has 3 aromatic rings. The largest absolute Gasteiger partial charge is 0.301 e. The van der Waals surface area contributed by atoms with E-state index in [9.17, 15) is 17.6 Å². The molecule has 1 aliphatic heterocycles. The molecule has 0 unspecified atom stereocenters. The third-order valence-corrected chi connectivity index (χ3v) is 7.32. The molecule has 1 amide bonds. The number of para-hydroxylation sites is 1. The Bertz CT molecular complexity index is 1060. The van der Waals surface area contributed by atoms with Crippen molar-refractivity contribution in [3.63, 3.8) is 0 Å². The first kappa shape index (κ1) is 18.0. The van der Waals surface area contributed by atoms with E-state index in [0.29, 0.717) is 18.0 Å². The van der Waals surface area contributed by atoms with Crippen molar-refractivity contribution >= 4 is 42.6 Å². The topological polar surface area (TPSA) is 79.4 Å². The van der Waals surface area contributed by atoms with Crippen LogP contribution in [0.3, 0.4) is 0 Å². The summed E-state index contributed by atoms with van der Waals surface area (Å²) in [6, 6.07) is 11.3. The number of nitrogens with one attached hydrogen (secondary N) is 1. The molecule has 27 heavy (non-hydrogen) atoms. The minimum atomic E-state index is -3.88. The molecule has 6 nitrogen and oxygen atoms in total. The van der Waals surface area contributed by atoms with E-state index < -0.39 is 27.8 Å². The highest BCUT2D eigenvalue weighted by Crippen LogP contribution is 2.29. The van der Waals surface area contributed by atoms with Crippen LogP contribution in [0.5, 0.6) is 0 Å². The second kappa shape index (κ2) is 6.99. The average molecular weight is 405 g/mol. The lowest BCUT2D eigenvalue weighted by molar-refractivity contribution is -0.119. The van der Waals surface area contributed by atoms with Crippen LogP contribution in [-0.2, 0) is 14.8 Å². The van der Waals surface area contributed by atoms with E-state index in [1.165, 1.54) is 27.8 Å². The molecule has 0 spiro atoms. The van der Waals surface area contributed by atoms with Gasteiger partial charge >= 0.3 is 0 Å². The zero-order valence-electron chi connectivity index (χ0n) is 14.1. The third kappa shape index (κ3) is 3.45. The Hall–Kier alpha value is -2.36. The summed E-state index contributed by atoms with van der Waals surface area (Å²) in [6.45, 7) is 0.248. The maximum Gasteiger partial charge on any atom is 0.244 e. The lowest BCUT2D eigenvalue weighted by atomic mass is 10.2. The minimum absolute atomic E-state index is 0.0245. The highest BCUT2D eigenvalue weighted by atomic mass is 32.2. The molecule has 2 aromatic carbocycles. The highest BCUT2D eigenvalue weighted by molar-refractivity contribution is 7.89. The van der Waals surface area contributed by atoms with Gasteiger partial charge in [-0.3, -0.25) is 4.79 Å². The molecular weight excluding hydrogens is 389 g/mol. The van der Waals surface area contributed by atoms with Gasteiger partial charge in [-0.15, -0.1) is 0 Å². The number of rotatable bonds is 4. The standard InChI is InChI=1S/C18H16FN3O3S2/c19-12-7-9-13(10-8-12)27(24,25)22-11-3-5-15(22)17(23)21-18-20-14-4-1-2-6-16(14)26-18/h1-2,4,6-10,15H,3,5,11H2,(H,20,21,23)/t15-/m1/s1. The fourth-order valence-electron chi connectivity index (χ4n) is 3.15. The zero-order chi connectivity index (χ0) is 19.0. The summed E-state index contributed by atoms with van der Waals surface area (Å²) < 4.78 is 41.0. The summed E-state index contributed by atoms with van der Waals surface area (Å²) in [5, 5.41) is 3.18. The second-order valence-corrected chi connectivity index (χ2v) is 9.12. The summed E-state index contributed by atoms with van der Waals surface area (Å²) >= 11 is 1.34. The highest BCUT2D eigenvalue weighted by Gasteiger charge is 2.39. The quantitative estimate of drug-likeness (QED) is 0.723. The Morgan fingerprint density at radius 3 is 2.67 bits per heavy atom. The summed E-state index contributed by atoms with van der Waals surface area (Å²) in [7, 11) is -3.88. The van der Waals surface area contributed by atoms with Crippen LogP contribution in [0.4, 0.5) is 9.52 Å². The second-order valence-electron chi connectivity index (χ2n) is 6.20. The number of anilines is 1. The molecule has 0 aliphatic carbocycles. The number of thiazole rings is 1. The predicted octanol–water partition coefficient (Wildman–Crippen LogP) is 3.23. The van der Waals surface area contributed by atoms with E-state index in [1.54, 1.807) is 0 Å². The number of carbonyl (C=O) groups is 1. The van der Waals surface area contributed by atoms with Crippen molar-refractivity contribution in [1.82, 2.24) is 9.29 Å². The summed E-state index contributed by atoms with van der Waals surface area (Å²) in [6.07, 6.45) is 1.01. The lowest BCUT2D eigenvalue weighted by Crippen LogP contribution is -2.43. The first-order valence-corrected chi connectivity index (χ1v) is 10.6. The molecule has 140 valence electrons. The van der Waals surface area contributed by atoms with Crippen LogP contribution in [0.1, 0.15) is 12.8 Å². The van der Waals surface area contributed by atoms with Crippen LogP contribution in [0.25, 0.3) is 10.2 Å². The molecule has 1 aromatic heterocycles. The van der Waals surface area contributed by atoms with Crippen LogP contribution in [0.15, 0.2) is 53.4 Å². The molecule has 0 bridgehead atoms. The fourth-order valence-corrected chi connectivity index (χ4v) is 5.67. The van der Waals surface area contributed by atoms with E-state index in [-0.39, 0.29) is 11.4 Å². The number of hydrogen-bond acceptors (Lipinski definition) is 5. The summed E-state index contributed by atoms with van der Waals surface area (Å²) in [4.78, 5) is 17.1. The van der Waals surface area contributed by atoms with Crippen molar-refractivity contribution in [3.8, 4) is 0 Å². The normalized spacial score (nSPS) is 18.0. The maximum absolute atomic E-state index is 13.1. The summed E-state index contributed by atoms with van der Waals surface area (Å²) in [5.41, 5.74) is 0.778. The number of sulfonamides is 1. The van der Waals surface area contributed by atoms with Gasteiger partial charge < -0.3 is 5.32 Å². The number of fused-ring (bicyclic) bond motifs is 1. The maximum atomic E-state index is 13.1. The molecule has 0 saturated carbocycles. The van der Waals surface area contributed by atoms with Crippen LogP contribution in [0.2, 0.25) is 0 Å². The van der Waals surface area contributed by atoms with E-state index in [1.807, 2.05) is 24.3 Å². The number of aromatic nitrogens is 1. The van der Waals surface area contributed by atoms with Gasteiger partial charge in [-0.2, -0.15) is 4.31 Å². The number of nitrogens with zero attached hydrogens (tertiary/aromatic N) is 2. The third-order valence-electron chi connectivity index (χ3n) is 4.45. The van der Waals surface area contributed by atoms with Crippen LogP contribution in [0, 0.1) is 5.82 Å². The number of amides is 1. The summed E-state index contributed by atoms with van der Waals surface area (Å²) in [5.74, 6) is -0.919. The number of hydrogen-bond donors (Lipinski definition) is 1. The monoisotopic (exact) mass is 405 g/mol. The van der Waals surface area contributed by atoms with Crippen molar-refractivity contribution in [2.24, 2.45) is 0 Å². The lowest BCUT2D eigenvalue weighted by Gasteiger charge is -2.23. The number of carbonyl (C=O) groups excluding carboxylic acids is 1. The van der Waals surface area contributed by atoms with E-state index in [0.717, 1.165) is 22.3 Å². The first-order valence-electron chi connectivity index (χ1n) is 8.39. The van der Waals surface area contributed by atoms with Gasteiger partial charge in [-0.05, 0) is 49.2 Å². The zero-order valence-corrected chi connectivity index (χ0v) is 15.8. The molecule has 1 saturated heterocycles. The molecule has 1 aliphatic rings. The van der Waals surface area contributed by atoms with Gasteiger partial charge in [-0.1, -0.05) is 23.5 Å². The smallest absolute Gasteiger partial charge is 0.244 e. The van der Waals surface area contributed by atoms with Crippen molar-refractivity contribution in [2.45, 2.75) is 23.8 Å². The van der Waals surface area contributed by atoms with E-state index >= 15 is 0 Å². The Kier molecular flexibility index (Phi) is 4.67. The molecule has 1 atom stereocenters. The van der Waals surface area contributed by atoms with Crippen LogP contribution in [-0.4, -0.2) is 36.2 Å². The molecule has 2 heterocycles. The van der Waals surface area contributed by atoms with Gasteiger partial charge in [0.05, 0.1) is 15.1 Å².